The van der Waals surface area contributed by atoms with Gasteiger partial charge in [-0.25, -0.2) is 4.39 Å². The number of fused-ring (bicyclic) bond motifs is 1. The Bertz CT molecular complexity index is 644. The molecule has 2 aromatic carbocycles. The lowest BCUT2D eigenvalue weighted by Crippen LogP contribution is -2.27. The highest BCUT2D eigenvalue weighted by atomic mass is 35.5. The summed E-state index contributed by atoms with van der Waals surface area (Å²) >= 11 is 6.18. The summed E-state index contributed by atoms with van der Waals surface area (Å²) < 4.78 is 19.8. The van der Waals surface area contributed by atoms with Crippen LogP contribution >= 0.6 is 11.6 Å². The lowest BCUT2D eigenvalue weighted by Gasteiger charge is -2.09. The summed E-state index contributed by atoms with van der Waals surface area (Å²) in [6, 6.07) is 10.9. The molecular weight excluding hydrogens is 277 g/mol. The smallest absolute Gasteiger partial charge is 0.165 e. The molecule has 1 unspecified atom stereocenters. The van der Waals surface area contributed by atoms with Gasteiger partial charge < -0.3 is 10.1 Å². The minimum atomic E-state index is -0.323. The second-order valence-electron chi connectivity index (χ2n) is 4.93. The zero-order chi connectivity index (χ0) is 14.1. The first-order chi connectivity index (χ1) is 9.69. The van der Waals surface area contributed by atoms with Gasteiger partial charge in [0.25, 0.3) is 0 Å². The zero-order valence-corrected chi connectivity index (χ0v) is 11.9. The van der Waals surface area contributed by atoms with Crippen LogP contribution in [0, 0.1) is 5.82 Å². The lowest BCUT2D eigenvalue weighted by atomic mass is 10.0. The summed E-state index contributed by atoms with van der Waals surface area (Å²) in [5.41, 5.74) is 2.54. The molecule has 1 aliphatic heterocycles. The Morgan fingerprint density at radius 3 is 2.90 bits per heavy atom. The van der Waals surface area contributed by atoms with Gasteiger partial charge in [-0.1, -0.05) is 29.8 Å². The fourth-order valence-corrected chi connectivity index (χ4v) is 2.82. The molecule has 0 bridgehead atoms. The Morgan fingerprint density at radius 1 is 1.35 bits per heavy atom. The number of likely N-dealkylation sites (N-methyl/N-ethyl adjacent to an activating group) is 1. The first-order valence-electron chi connectivity index (χ1n) is 6.57. The van der Waals surface area contributed by atoms with E-state index in [4.69, 9.17) is 16.3 Å². The van der Waals surface area contributed by atoms with Gasteiger partial charge in [-0.3, -0.25) is 0 Å². The van der Waals surface area contributed by atoms with Gasteiger partial charge >= 0.3 is 0 Å². The number of rotatable bonds is 3. The van der Waals surface area contributed by atoms with Crippen LogP contribution in [0.3, 0.4) is 0 Å². The van der Waals surface area contributed by atoms with E-state index in [1.165, 1.54) is 6.07 Å². The van der Waals surface area contributed by atoms with E-state index in [-0.39, 0.29) is 11.9 Å². The zero-order valence-electron chi connectivity index (χ0n) is 11.1. The van der Waals surface area contributed by atoms with Gasteiger partial charge in [0.2, 0.25) is 0 Å². The quantitative estimate of drug-likeness (QED) is 0.932. The van der Waals surface area contributed by atoms with Crippen LogP contribution in [0.25, 0.3) is 11.1 Å². The fourth-order valence-electron chi connectivity index (χ4n) is 2.58. The average Bonchev–Trinajstić information content (AvgIpc) is 2.83. The van der Waals surface area contributed by atoms with Crippen LogP contribution in [-0.4, -0.2) is 19.7 Å². The van der Waals surface area contributed by atoms with Crippen molar-refractivity contribution in [3.63, 3.8) is 0 Å². The van der Waals surface area contributed by atoms with E-state index < -0.39 is 0 Å². The molecule has 0 saturated carbocycles. The fraction of sp³-hybridized carbons (Fsp3) is 0.250. The summed E-state index contributed by atoms with van der Waals surface area (Å²) in [6.07, 6.45) is 0.705. The third-order valence-corrected chi connectivity index (χ3v) is 3.80. The van der Waals surface area contributed by atoms with Gasteiger partial charge in [-0.2, -0.15) is 0 Å². The molecule has 0 aliphatic carbocycles. The van der Waals surface area contributed by atoms with Gasteiger partial charge in [0.1, 0.15) is 6.10 Å². The highest BCUT2D eigenvalue weighted by molar-refractivity contribution is 6.33. The van der Waals surface area contributed by atoms with Gasteiger partial charge in [0.15, 0.2) is 11.6 Å². The number of ether oxygens (including phenoxy) is 1. The Balaban J connectivity index is 2.00. The Kier molecular flexibility index (Phi) is 3.64. The van der Waals surface area contributed by atoms with Gasteiger partial charge in [-0.05, 0) is 30.8 Å². The SMILES string of the molecule is CNCC1Cc2cc(-c3ccccc3Cl)cc(F)c2O1. The van der Waals surface area contributed by atoms with E-state index in [0.29, 0.717) is 23.7 Å². The first kappa shape index (κ1) is 13.4. The maximum atomic E-state index is 14.2. The van der Waals surface area contributed by atoms with Crippen molar-refractivity contribution in [1.82, 2.24) is 5.32 Å². The molecule has 20 heavy (non-hydrogen) atoms. The summed E-state index contributed by atoms with van der Waals surface area (Å²) in [7, 11) is 1.86. The van der Waals surface area contributed by atoms with Crippen LogP contribution < -0.4 is 10.1 Å². The molecule has 3 rings (SSSR count). The molecule has 1 atom stereocenters. The normalized spacial score (nSPS) is 16.9. The molecule has 1 N–H and O–H groups in total. The number of benzene rings is 2. The van der Waals surface area contributed by atoms with Crippen LogP contribution in [0.5, 0.6) is 5.75 Å². The largest absolute Gasteiger partial charge is 0.485 e. The molecule has 4 heteroatoms. The van der Waals surface area contributed by atoms with Crippen molar-refractivity contribution >= 4 is 11.6 Å². The van der Waals surface area contributed by atoms with Crippen molar-refractivity contribution in [3.8, 4) is 16.9 Å². The van der Waals surface area contributed by atoms with E-state index in [2.05, 4.69) is 5.32 Å². The third-order valence-electron chi connectivity index (χ3n) is 3.47. The van der Waals surface area contributed by atoms with Crippen molar-refractivity contribution in [3.05, 3.63) is 52.8 Å². The Labute approximate surface area is 122 Å². The number of nitrogens with one attached hydrogen (secondary N) is 1. The molecule has 0 amide bonds. The highest BCUT2D eigenvalue weighted by Gasteiger charge is 2.26. The molecule has 0 saturated heterocycles. The standard InChI is InChI=1S/C16H15ClFNO/c1-19-9-12-7-11-6-10(8-15(18)16(11)20-12)13-4-2-3-5-14(13)17/h2-6,8,12,19H,7,9H2,1H3. The Morgan fingerprint density at radius 2 is 2.15 bits per heavy atom. The molecule has 1 heterocycles. The molecular formula is C16H15ClFNO. The maximum absolute atomic E-state index is 14.2. The van der Waals surface area contributed by atoms with Gasteiger partial charge in [0.05, 0.1) is 0 Å². The first-order valence-corrected chi connectivity index (χ1v) is 6.95. The summed E-state index contributed by atoms with van der Waals surface area (Å²) in [4.78, 5) is 0. The van der Waals surface area contributed by atoms with Crippen molar-refractivity contribution < 1.29 is 9.13 Å². The van der Waals surface area contributed by atoms with Crippen molar-refractivity contribution in [1.29, 1.82) is 0 Å². The lowest BCUT2D eigenvalue weighted by molar-refractivity contribution is 0.223. The second kappa shape index (κ2) is 5.43. The molecule has 1 aliphatic rings. The Hall–Kier alpha value is -1.58. The predicted molar refractivity (Wildman–Crippen MR) is 78.9 cm³/mol. The molecule has 0 aromatic heterocycles. The molecule has 2 nitrogen and oxygen atoms in total. The van der Waals surface area contributed by atoms with E-state index in [1.807, 2.05) is 37.4 Å². The number of halogens is 2. The monoisotopic (exact) mass is 291 g/mol. The molecule has 0 radical (unpaired) electrons. The maximum Gasteiger partial charge on any atom is 0.165 e. The van der Waals surface area contributed by atoms with E-state index in [9.17, 15) is 4.39 Å². The summed E-state index contributed by atoms with van der Waals surface area (Å²) in [5.74, 6) is 0.0528. The summed E-state index contributed by atoms with van der Waals surface area (Å²) in [6.45, 7) is 0.704. The molecule has 104 valence electrons. The molecule has 0 spiro atoms. The van der Waals surface area contributed by atoms with Gasteiger partial charge in [-0.15, -0.1) is 0 Å². The number of hydrogen-bond donors (Lipinski definition) is 1. The topological polar surface area (TPSA) is 21.3 Å². The number of hydrogen-bond acceptors (Lipinski definition) is 2. The van der Waals surface area contributed by atoms with Crippen molar-refractivity contribution in [2.75, 3.05) is 13.6 Å². The molecule has 0 fully saturated rings. The summed E-state index contributed by atoms with van der Waals surface area (Å²) in [5, 5.41) is 3.67. The minimum Gasteiger partial charge on any atom is -0.485 e. The van der Waals surface area contributed by atoms with Crippen LogP contribution in [-0.2, 0) is 6.42 Å². The van der Waals surface area contributed by atoms with Crippen LogP contribution in [0.1, 0.15) is 5.56 Å². The van der Waals surface area contributed by atoms with Crippen LogP contribution in [0.15, 0.2) is 36.4 Å². The third kappa shape index (κ3) is 2.39. The van der Waals surface area contributed by atoms with Gasteiger partial charge in [0, 0.05) is 29.1 Å². The van der Waals surface area contributed by atoms with E-state index >= 15 is 0 Å². The van der Waals surface area contributed by atoms with E-state index in [1.54, 1.807) is 0 Å². The molecule has 2 aromatic rings. The van der Waals surface area contributed by atoms with Crippen LogP contribution in [0.4, 0.5) is 4.39 Å². The van der Waals surface area contributed by atoms with E-state index in [0.717, 1.165) is 16.7 Å². The van der Waals surface area contributed by atoms with Crippen molar-refractivity contribution in [2.24, 2.45) is 0 Å². The average molecular weight is 292 g/mol. The van der Waals surface area contributed by atoms with Crippen molar-refractivity contribution in [2.45, 2.75) is 12.5 Å². The second-order valence-corrected chi connectivity index (χ2v) is 5.34. The highest BCUT2D eigenvalue weighted by Crippen LogP contribution is 2.37. The van der Waals surface area contributed by atoms with Crippen LogP contribution in [0.2, 0.25) is 5.02 Å². The minimum absolute atomic E-state index is 0.00834. The predicted octanol–water partition coefficient (Wildman–Crippen LogP) is 3.67.